The van der Waals surface area contributed by atoms with Crippen LogP contribution in [0.25, 0.3) is 0 Å². The number of rotatable bonds is 2. The van der Waals surface area contributed by atoms with Crippen LogP contribution in [0.5, 0.6) is 5.88 Å². The summed E-state index contributed by atoms with van der Waals surface area (Å²) in [7, 11) is 0. The number of hydrogen-bond acceptors (Lipinski definition) is 3. The first-order chi connectivity index (χ1) is 11.0. The summed E-state index contributed by atoms with van der Waals surface area (Å²) in [6, 6.07) is 7.76. The van der Waals surface area contributed by atoms with Crippen LogP contribution in [0.15, 0.2) is 30.3 Å². The third-order valence-electron chi connectivity index (χ3n) is 3.94. The van der Waals surface area contributed by atoms with E-state index in [1.165, 1.54) is 17.0 Å². The summed E-state index contributed by atoms with van der Waals surface area (Å²) >= 11 is 0. The molecule has 23 heavy (non-hydrogen) atoms. The molecule has 6 heteroatoms. The van der Waals surface area contributed by atoms with E-state index in [0.717, 1.165) is 16.8 Å². The van der Waals surface area contributed by atoms with E-state index in [1.807, 2.05) is 6.92 Å². The topological polar surface area (TPSA) is 62.7 Å². The summed E-state index contributed by atoms with van der Waals surface area (Å²) in [6.45, 7) is 3.92. The standard InChI is InChI=1S/C17H17FN2O3/c1-10-9-23-16-15(20(10)17(21)22)8-13(11(2)19-16)7-12-3-5-14(18)6-4-12/h3-6,8,10H,7,9H2,1-2H3,(H,21,22)/t10-/m0/s1. The molecule has 0 spiro atoms. The maximum Gasteiger partial charge on any atom is 0.412 e. The van der Waals surface area contributed by atoms with E-state index >= 15 is 0 Å². The first-order valence-electron chi connectivity index (χ1n) is 7.35. The van der Waals surface area contributed by atoms with Crippen molar-refractivity contribution in [2.24, 2.45) is 0 Å². The number of carbonyl (C=O) groups is 1. The number of fused-ring (bicyclic) bond motifs is 1. The molecule has 1 atom stereocenters. The SMILES string of the molecule is Cc1nc2c(cc1Cc1ccc(F)cc1)N(C(=O)O)[C@@H](C)CO2. The van der Waals surface area contributed by atoms with Gasteiger partial charge in [0.15, 0.2) is 0 Å². The lowest BCUT2D eigenvalue weighted by atomic mass is 10.0. The maximum atomic E-state index is 13.0. The van der Waals surface area contributed by atoms with Crippen LogP contribution >= 0.6 is 0 Å². The Kier molecular flexibility index (Phi) is 3.90. The van der Waals surface area contributed by atoms with Crippen LogP contribution in [0.3, 0.4) is 0 Å². The van der Waals surface area contributed by atoms with Gasteiger partial charge in [0.05, 0.1) is 6.04 Å². The molecule has 1 N–H and O–H groups in total. The minimum atomic E-state index is -1.03. The molecule has 0 fully saturated rings. The van der Waals surface area contributed by atoms with Gasteiger partial charge in [-0.05, 0) is 49.6 Å². The van der Waals surface area contributed by atoms with Crippen molar-refractivity contribution < 1.29 is 19.0 Å². The molecule has 120 valence electrons. The van der Waals surface area contributed by atoms with E-state index < -0.39 is 6.09 Å². The highest BCUT2D eigenvalue weighted by Crippen LogP contribution is 2.34. The van der Waals surface area contributed by atoms with Gasteiger partial charge in [0.2, 0.25) is 5.88 Å². The predicted molar refractivity (Wildman–Crippen MR) is 83.6 cm³/mol. The zero-order valence-corrected chi connectivity index (χ0v) is 12.9. The van der Waals surface area contributed by atoms with E-state index in [-0.39, 0.29) is 18.5 Å². The molecule has 1 aliphatic rings. The van der Waals surface area contributed by atoms with Crippen molar-refractivity contribution in [1.82, 2.24) is 4.98 Å². The molecule has 3 rings (SSSR count). The largest absolute Gasteiger partial charge is 0.474 e. The molecule has 0 saturated heterocycles. The number of halogens is 1. The number of aromatic nitrogens is 1. The predicted octanol–water partition coefficient (Wildman–Crippen LogP) is 3.39. The molecule has 1 aromatic heterocycles. The second-order valence-electron chi connectivity index (χ2n) is 5.67. The fourth-order valence-corrected chi connectivity index (χ4v) is 2.70. The van der Waals surface area contributed by atoms with Gasteiger partial charge in [-0.3, -0.25) is 4.90 Å². The summed E-state index contributed by atoms with van der Waals surface area (Å²) in [4.78, 5) is 17.2. The second kappa shape index (κ2) is 5.87. The Hall–Kier alpha value is -2.63. The molecule has 1 aliphatic heterocycles. The lowest BCUT2D eigenvalue weighted by Gasteiger charge is -2.32. The minimum absolute atomic E-state index is 0.275. The molecule has 5 nitrogen and oxygen atoms in total. The zero-order chi connectivity index (χ0) is 16.6. The Labute approximate surface area is 133 Å². The van der Waals surface area contributed by atoms with E-state index in [0.29, 0.717) is 18.0 Å². The molecule has 0 radical (unpaired) electrons. The number of hydrogen-bond donors (Lipinski definition) is 1. The summed E-state index contributed by atoms with van der Waals surface area (Å²) in [5, 5.41) is 9.44. The number of nitrogens with zero attached hydrogens (tertiary/aromatic N) is 2. The van der Waals surface area contributed by atoms with E-state index in [9.17, 15) is 14.3 Å². The van der Waals surface area contributed by atoms with Crippen molar-refractivity contribution in [3.8, 4) is 5.88 Å². The van der Waals surface area contributed by atoms with Crippen LogP contribution in [0.4, 0.5) is 14.9 Å². The quantitative estimate of drug-likeness (QED) is 0.922. The summed E-state index contributed by atoms with van der Waals surface area (Å²) in [5.41, 5.74) is 3.05. The van der Waals surface area contributed by atoms with Gasteiger partial charge < -0.3 is 9.84 Å². The fourth-order valence-electron chi connectivity index (χ4n) is 2.70. The highest BCUT2D eigenvalue weighted by atomic mass is 19.1. The lowest BCUT2D eigenvalue weighted by molar-refractivity contribution is 0.188. The van der Waals surface area contributed by atoms with E-state index in [1.54, 1.807) is 25.1 Å². The van der Waals surface area contributed by atoms with Crippen LogP contribution in [0.1, 0.15) is 23.7 Å². The summed E-state index contributed by atoms with van der Waals surface area (Å²) < 4.78 is 18.6. The first kappa shape index (κ1) is 15.3. The Morgan fingerprint density at radius 3 is 2.78 bits per heavy atom. The van der Waals surface area contributed by atoms with Gasteiger partial charge >= 0.3 is 6.09 Å². The molecular weight excluding hydrogens is 299 g/mol. The maximum absolute atomic E-state index is 13.0. The van der Waals surface area contributed by atoms with Crippen LogP contribution in [-0.2, 0) is 6.42 Å². The van der Waals surface area contributed by atoms with Crippen molar-refractivity contribution in [3.63, 3.8) is 0 Å². The van der Waals surface area contributed by atoms with Crippen LogP contribution in [-0.4, -0.2) is 28.8 Å². The second-order valence-corrected chi connectivity index (χ2v) is 5.67. The van der Waals surface area contributed by atoms with Gasteiger partial charge in [-0.1, -0.05) is 12.1 Å². The molecule has 2 heterocycles. The van der Waals surface area contributed by atoms with Gasteiger partial charge in [-0.15, -0.1) is 0 Å². The van der Waals surface area contributed by atoms with Crippen LogP contribution in [0, 0.1) is 12.7 Å². The van der Waals surface area contributed by atoms with Crippen molar-refractivity contribution in [1.29, 1.82) is 0 Å². The van der Waals surface area contributed by atoms with Gasteiger partial charge in [-0.2, -0.15) is 0 Å². The number of pyridine rings is 1. The normalized spacial score (nSPS) is 16.7. The third kappa shape index (κ3) is 2.97. The van der Waals surface area contributed by atoms with Crippen LogP contribution in [0.2, 0.25) is 0 Å². The van der Waals surface area contributed by atoms with Crippen molar-refractivity contribution in [2.45, 2.75) is 26.3 Å². The Bertz CT molecular complexity index is 746. The Morgan fingerprint density at radius 2 is 2.13 bits per heavy atom. The first-order valence-corrected chi connectivity index (χ1v) is 7.35. The third-order valence-corrected chi connectivity index (χ3v) is 3.94. The number of carboxylic acid groups (broad SMARTS) is 1. The highest BCUT2D eigenvalue weighted by Gasteiger charge is 2.31. The number of aryl methyl sites for hydroxylation is 1. The van der Waals surface area contributed by atoms with Crippen molar-refractivity contribution in [2.75, 3.05) is 11.5 Å². The Balaban J connectivity index is 1.99. The van der Waals surface area contributed by atoms with E-state index in [4.69, 9.17) is 4.74 Å². The molecule has 1 amide bonds. The average Bonchev–Trinajstić information content (AvgIpc) is 2.50. The highest BCUT2D eigenvalue weighted by molar-refractivity contribution is 5.89. The summed E-state index contributed by atoms with van der Waals surface area (Å²) in [6.07, 6.45) is -0.478. The fraction of sp³-hybridized carbons (Fsp3) is 0.294. The molecular formula is C17H17FN2O3. The molecule has 1 aromatic carbocycles. The molecule has 0 saturated carbocycles. The minimum Gasteiger partial charge on any atom is -0.474 e. The molecule has 0 aliphatic carbocycles. The Morgan fingerprint density at radius 1 is 1.43 bits per heavy atom. The van der Waals surface area contributed by atoms with E-state index in [2.05, 4.69) is 4.98 Å². The van der Waals surface area contributed by atoms with Gasteiger partial charge in [0.1, 0.15) is 18.1 Å². The molecule has 2 aromatic rings. The number of ether oxygens (including phenoxy) is 1. The number of anilines is 1. The average molecular weight is 316 g/mol. The molecule has 0 bridgehead atoms. The van der Waals surface area contributed by atoms with Crippen molar-refractivity contribution >= 4 is 11.8 Å². The van der Waals surface area contributed by atoms with Gasteiger partial charge in [0, 0.05) is 5.69 Å². The number of benzene rings is 1. The smallest absolute Gasteiger partial charge is 0.412 e. The van der Waals surface area contributed by atoms with Crippen molar-refractivity contribution in [3.05, 3.63) is 53.0 Å². The van der Waals surface area contributed by atoms with Crippen LogP contribution < -0.4 is 9.64 Å². The lowest BCUT2D eigenvalue weighted by Crippen LogP contribution is -2.44. The number of amides is 1. The monoisotopic (exact) mass is 316 g/mol. The summed E-state index contributed by atoms with van der Waals surface area (Å²) in [5.74, 6) is 0.0548. The molecule has 0 unspecified atom stereocenters. The van der Waals surface area contributed by atoms with Gasteiger partial charge in [-0.25, -0.2) is 14.2 Å². The van der Waals surface area contributed by atoms with Gasteiger partial charge in [0.25, 0.3) is 0 Å². The zero-order valence-electron chi connectivity index (χ0n) is 12.9.